The van der Waals surface area contributed by atoms with Crippen LogP contribution in [0, 0.1) is 5.92 Å². The first kappa shape index (κ1) is 33.3. The Balaban J connectivity index is 1.43. The number of carbonyl (C=O) groups excluding carboxylic acids is 5. The fraction of sp³-hybridized carbons (Fsp3) is 0.412. The van der Waals surface area contributed by atoms with Crippen molar-refractivity contribution in [3.8, 4) is 11.3 Å². The van der Waals surface area contributed by atoms with Gasteiger partial charge in [0.2, 0.25) is 23.5 Å². The van der Waals surface area contributed by atoms with Crippen LogP contribution in [-0.2, 0) is 30.3 Å². The molecular formula is C34H40N6O7. The van der Waals surface area contributed by atoms with Crippen molar-refractivity contribution in [1.82, 2.24) is 30.9 Å². The summed E-state index contributed by atoms with van der Waals surface area (Å²) in [7, 11) is 1.47. The van der Waals surface area contributed by atoms with Crippen LogP contribution in [0.15, 0.2) is 71.3 Å². The van der Waals surface area contributed by atoms with Crippen molar-refractivity contribution < 1.29 is 33.2 Å². The highest BCUT2D eigenvalue weighted by Gasteiger charge is 2.38. The van der Waals surface area contributed by atoms with Gasteiger partial charge in [0.05, 0.1) is 19.2 Å². The van der Waals surface area contributed by atoms with Crippen LogP contribution in [0.2, 0.25) is 0 Å². The molecule has 3 aromatic rings. The van der Waals surface area contributed by atoms with Crippen LogP contribution in [0.1, 0.15) is 36.4 Å². The summed E-state index contributed by atoms with van der Waals surface area (Å²) in [4.78, 5) is 70.1. The summed E-state index contributed by atoms with van der Waals surface area (Å²) in [6.07, 6.45) is -1.43. The van der Waals surface area contributed by atoms with Crippen LogP contribution >= 0.6 is 0 Å². The smallest absolute Gasteiger partial charge is 0.292 e. The molecule has 5 rings (SSSR count). The number of nitrogens with zero attached hydrogens (tertiary/aromatic N) is 3. The van der Waals surface area contributed by atoms with Gasteiger partial charge in [0.15, 0.2) is 6.10 Å². The Morgan fingerprint density at radius 3 is 2.34 bits per heavy atom. The average molecular weight is 645 g/mol. The molecule has 13 nitrogen and oxygen atoms in total. The molecule has 0 radical (unpaired) electrons. The molecule has 2 bridgehead atoms. The molecule has 3 N–H and O–H groups in total. The van der Waals surface area contributed by atoms with Gasteiger partial charge in [0, 0.05) is 38.2 Å². The summed E-state index contributed by atoms with van der Waals surface area (Å²) in [5, 5.41) is 12.4. The molecule has 1 aromatic heterocycles. The molecule has 0 unspecified atom stereocenters. The Hall–Kier alpha value is -5.04. The third-order valence-electron chi connectivity index (χ3n) is 8.05. The third kappa shape index (κ3) is 8.61. The van der Waals surface area contributed by atoms with E-state index in [9.17, 15) is 24.0 Å². The van der Waals surface area contributed by atoms with Gasteiger partial charge in [-0.3, -0.25) is 24.0 Å². The minimum absolute atomic E-state index is 0.0166. The summed E-state index contributed by atoms with van der Waals surface area (Å²) in [5.41, 5.74) is 2.05. The largest absolute Gasteiger partial charge is 0.360 e. The van der Waals surface area contributed by atoms with Gasteiger partial charge in [0.1, 0.15) is 17.8 Å². The van der Waals surface area contributed by atoms with Crippen molar-refractivity contribution in [2.45, 2.75) is 51.0 Å². The molecule has 2 aliphatic heterocycles. The molecule has 47 heavy (non-hydrogen) atoms. The number of morpholine rings is 1. The second kappa shape index (κ2) is 15.0. The lowest BCUT2D eigenvalue weighted by Crippen LogP contribution is -2.59. The highest BCUT2D eigenvalue weighted by Crippen LogP contribution is 2.22. The van der Waals surface area contributed by atoms with Crippen molar-refractivity contribution in [1.29, 1.82) is 0 Å². The number of fused-ring (bicyclic) bond motifs is 2. The number of aromatic nitrogens is 1. The van der Waals surface area contributed by atoms with Crippen LogP contribution in [0.25, 0.3) is 11.3 Å². The zero-order valence-corrected chi connectivity index (χ0v) is 26.7. The van der Waals surface area contributed by atoms with E-state index in [0.29, 0.717) is 12.1 Å². The first-order chi connectivity index (χ1) is 22.6. The molecule has 5 amide bonds. The molecule has 0 saturated carbocycles. The van der Waals surface area contributed by atoms with E-state index in [4.69, 9.17) is 9.26 Å². The van der Waals surface area contributed by atoms with Gasteiger partial charge in [-0.15, -0.1) is 0 Å². The highest BCUT2D eigenvalue weighted by molar-refractivity contribution is 5.95. The lowest BCUT2D eigenvalue weighted by molar-refractivity contribution is -0.148. The molecule has 0 aliphatic carbocycles. The van der Waals surface area contributed by atoms with Crippen molar-refractivity contribution in [3.63, 3.8) is 0 Å². The number of benzene rings is 2. The summed E-state index contributed by atoms with van der Waals surface area (Å²) in [6, 6.07) is 18.1. The van der Waals surface area contributed by atoms with Crippen molar-refractivity contribution in [2.24, 2.45) is 5.92 Å². The maximum Gasteiger partial charge on any atom is 0.292 e. The molecule has 2 aromatic carbocycles. The average Bonchev–Trinajstić information content (AvgIpc) is 3.56. The number of nitrogens with one attached hydrogen (secondary N) is 3. The zero-order valence-electron chi connectivity index (χ0n) is 26.7. The van der Waals surface area contributed by atoms with Gasteiger partial charge < -0.3 is 35.0 Å². The summed E-state index contributed by atoms with van der Waals surface area (Å²) < 4.78 is 11.5. The van der Waals surface area contributed by atoms with Gasteiger partial charge >= 0.3 is 0 Å². The standard InChI is InChI=1S/C34H40N6O7/c1-21(2)14-26-31(42)35-17-24-18-40(34(45)28-16-25(38-47-28)23-12-8-5-9-13-23)19-29(46-24)32(43)37-27(15-22-10-6-4-7-11-22)33(44)39(3)20-30(41)36-26/h4-13,16,21,24,26-27,29H,14-15,17-20H2,1-3H3,(H,35,42)(H,36,41)(H,37,43)/t24-,26+,27-,29-/m1/s1. The van der Waals surface area contributed by atoms with E-state index in [0.717, 1.165) is 11.1 Å². The number of carbonyl (C=O) groups is 5. The van der Waals surface area contributed by atoms with Crippen LogP contribution in [0.4, 0.5) is 0 Å². The molecule has 2 saturated heterocycles. The molecule has 13 heteroatoms. The molecule has 2 fully saturated rings. The third-order valence-corrected chi connectivity index (χ3v) is 8.05. The maximum atomic E-state index is 13.8. The lowest BCUT2D eigenvalue weighted by atomic mass is 10.0. The first-order valence-electron chi connectivity index (χ1n) is 15.7. The van der Waals surface area contributed by atoms with Crippen molar-refractivity contribution >= 4 is 29.5 Å². The van der Waals surface area contributed by atoms with E-state index in [1.54, 1.807) is 0 Å². The SMILES string of the molecule is CC(C)C[C@@H]1NC(=O)CN(C)C(=O)[C@@H](Cc2ccccc2)NC(=O)[C@H]2CN(C(=O)c3cc(-c4ccccc4)no3)C[C@@H](CNC1=O)O2. The minimum Gasteiger partial charge on any atom is -0.360 e. The molecule has 2 aliphatic rings. The monoisotopic (exact) mass is 644 g/mol. The minimum atomic E-state index is -1.17. The Bertz CT molecular complexity index is 1580. The second-order valence-electron chi connectivity index (χ2n) is 12.3. The van der Waals surface area contributed by atoms with E-state index >= 15 is 0 Å². The van der Waals surface area contributed by atoms with E-state index in [2.05, 4.69) is 21.1 Å². The molecule has 248 valence electrons. The Morgan fingerprint density at radius 1 is 0.936 bits per heavy atom. The predicted octanol–water partition coefficient (Wildman–Crippen LogP) is 1.40. The van der Waals surface area contributed by atoms with E-state index in [1.807, 2.05) is 74.5 Å². The number of likely N-dealkylation sites (N-methyl/N-ethyl adjacent to an activating group) is 1. The Kier molecular flexibility index (Phi) is 10.7. The summed E-state index contributed by atoms with van der Waals surface area (Å²) in [5.74, 6) is -2.48. The lowest BCUT2D eigenvalue weighted by Gasteiger charge is -2.37. The highest BCUT2D eigenvalue weighted by atomic mass is 16.5. The zero-order chi connectivity index (χ0) is 33.5. The van der Waals surface area contributed by atoms with Crippen LogP contribution in [0.3, 0.4) is 0 Å². The van der Waals surface area contributed by atoms with Crippen LogP contribution < -0.4 is 16.0 Å². The van der Waals surface area contributed by atoms with Gasteiger partial charge in [-0.2, -0.15) is 0 Å². The number of hydrogen-bond donors (Lipinski definition) is 3. The van der Waals surface area contributed by atoms with Crippen LogP contribution in [-0.4, -0.2) is 102 Å². The van der Waals surface area contributed by atoms with Gasteiger partial charge in [-0.1, -0.05) is 79.7 Å². The molecule has 3 heterocycles. The van der Waals surface area contributed by atoms with E-state index in [1.165, 1.54) is 22.9 Å². The second-order valence-corrected chi connectivity index (χ2v) is 12.3. The Morgan fingerprint density at radius 2 is 1.64 bits per heavy atom. The molecule has 0 spiro atoms. The quantitative estimate of drug-likeness (QED) is 0.363. The van der Waals surface area contributed by atoms with Crippen molar-refractivity contribution in [3.05, 3.63) is 78.1 Å². The van der Waals surface area contributed by atoms with Gasteiger partial charge in [-0.05, 0) is 17.9 Å². The fourth-order valence-corrected chi connectivity index (χ4v) is 5.69. The van der Waals surface area contributed by atoms with Gasteiger partial charge in [0.25, 0.3) is 11.8 Å². The van der Waals surface area contributed by atoms with E-state index in [-0.39, 0.29) is 44.3 Å². The number of rotatable bonds is 6. The molecule has 4 atom stereocenters. The molecular weight excluding hydrogens is 604 g/mol. The van der Waals surface area contributed by atoms with Crippen molar-refractivity contribution in [2.75, 3.05) is 33.2 Å². The normalized spacial score (nSPS) is 23.0. The number of hydrogen-bond acceptors (Lipinski definition) is 8. The van der Waals surface area contributed by atoms with Gasteiger partial charge in [-0.25, -0.2) is 0 Å². The Labute approximate surface area is 273 Å². The van der Waals surface area contributed by atoms with Crippen LogP contribution in [0.5, 0.6) is 0 Å². The first-order valence-corrected chi connectivity index (χ1v) is 15.7. The number of ether oxygens (including phenoxy) is 1. The predicted molar refractivity (Wildman–Crippen MR) is 171 cm³/mol. The van der Waals surface area contributed by atoms with E-state index < -0.39 is 53.8 Å². The maximum absolute atomic E-state index is 13.8. The summed E-state index contributed by atoms with van der Waals surface area (Å²) in [6.45, 7) is 3.43. The summed E-state index contributed by atoms with van der Waals surface area (Å²) >= 11 is 0. The fourth-order valence-electron chi connectivity index (χ4n) is 5.69. The topological polar surface area (TPSA) is 163 Å². The number of amides is 5.